The van der Waals surface area contributed by atoms with Crippen LogP contribution in [-0.2, 0) is 22.6 Å². The topological polar surface area (TPSA) is 82.5 Å². The molecule has 1 aromatic heterocycles. The van der Waals surface area contributed by atoms with Gasteiger partial charge in [-0.05, 0) is 30.7 Å². The lowest BCUT2D eigenvalue weighted by Crippen LogP contribution is -2.47. The van der Waals surface area contributed by atoms with Crippen LogP contribution < -0.4 is 23.8 Å². The Morgan fingerprint density at radius 1 is 0.889 bits per heavy atom. The normalized spacial score (nSPS) is 17.4. The molecule has 0 radical (unpaired) electrons. The zero-order chi connectivity index (χ0) is 24.6. The molecule has 2 aromatic carbocycles. The lowest BCUT2D eigenvalue weighted by atomic mass is 10.1. The molecule has 2 bridgehead atoms. The average molecular weight is 488 g/mol. The molecule has 0 atom stereocenters. The highest BCUT2D eigenvalue weighted by molar-refractivity contribution is 6.31. The Bertz CT molecular complexity index is 1400. The largest absolute Gasteiger partial charge is 0.486 e. The first kappa shape index (κ1) is 22.3. The number of esters is 2. The molecule has 36 heavy (non-hydrogen) atoms. The molecule has 0 amide bonds. The van der Waals surface area contributed by atoms with Crippen LogP contribution in [0, 0.1) is 12.3 Å². The number of benzene rings is 2. The Morgan fingerprint density at radius 3 is 2.47 bits per heavy atom. The van der Waals surface area contributed by atoms with Crippen LogP contribution in [0.4, 0.5) is 5.69 Å². The fourth-order valence-electron chi connectivity index (χ4n) is 5.17. The van der Waals surface area contributed by atoms with Crippen molar-refractivity contribution in [1.82, 2.24) is 9.47 Å². The van der Waals surface area contributed by atoms with Crippen LogP contribution in [0.2, 0.25) is 0 Å². The minimum Gasteiger partial charge on any atom is -0.486 e. The summed E-state index contributed by atoms with van der Waals surface area (Å²) >= 11 is 0. The number of hydrogen-bond acceptors (Lipinski definition) is 8. The quantitative estimate of drug-likeness (QED) is 0.235. The number of ether oxygens (including phenoxy) is 4. The molecule has 0 spiro atoms. The van der Waals surface area contributed by atoms with E-state index in [1.165, 1.54) is 0 Å². The van der Waals surface area contributed by atoms with Gasteiger partial charge in [0.2, 0.25) is 5.88 Å². The van der Waals surface area contributed by atoms with Gasteiger partial charge in [-0.2, -0.15) is 0 Å². The molecule has 6 rings (SSSR count). The average Bonchev–Trinajstić information content (AvgIpc) is 3.20. The lowest BCUT2D eigenvalue weighted by molar-refractivity contribution is -0.156. The van der Waals surface area contributed by atoms with Gasteiger partial charge in [-0.25, -0.2) is 9.59 Å². The van der Waals surface area contributed by atoms with E-state index in [1.54, 1.807) is 16.7 Å². The fourth-order valence-corrected chi connectivity index (χ4v) is 5.17. The monoisotopic (exact) mass is 487 g/mol. The SMILES string of the molecule is C#CCn1c2c(CCN3CCN(c4cccc5c4OCCO5)CC3)c3c(cccc31)OC(=O)C(=O)O2. The van der Waals surface area contributed by atoms with E-state index in [4.69, 9.17) is 25.4 Å². The molecule has 3 aliphatic rings. The lowest BCUT2D eigenvalue weighted by Gasteiger charge is -2.37. The predicted octanol–water partition coefficient (Wildman–Crippen LogP) is 2.23. The minimum atomic E-state index is -1.05. The van der Waals surface area contributed by atoms with Crippen molar-refractivity contribution in [3.63, 3.8) is 0 Å². The first-order valence-corrected chi connectivity index (χ1v) is 12.0. The van der Waals surface area contributed by atoms with Crippen molar-refractivity contribution in [1.29, 1.82) is 0 Å². The smallest absolute Gasteiger partial charge is 0.424 e. The number of nitrogens with zero attached hydrogens (tertiary/aromatic N) is 3. The Labute approximate surface area is 208 Å². The molecule has 0 saturated carbocycles. The number of carbonyl (C=O) groups is 2. The van der Waals surface area contributed by atoms with Crippen LogP contribution in [0.25, 0.3) is 10.9 Å². The summed E-state index contributed by atoms with van der Waals surface area (Å²) in [5.41, 5.74) is 2.66. The number of para-hydroxylation sites is 1. The van der Waals surface area contributed by atoms with Gasteiger partial charge in [0.15, 0.2) is 11.5 Å². The molecular formula is C27H25N3O6. The zero-order valence-electron chi connectivity index (χ0n) is 19.7. The van der Waals surface area contributed by atoms with Gasteiger partial charge in [0, 0.05) is 43.7 Å². The molecule has 184 valence electrons. The van der Waals surface area contributed by atoms with E-state index < -0.39 is 11.9 Å². The van der Waals surface area contributed by atoms with Crippen LogP contribution in [0.15, 0.2) is 36.4 Å². The molecule has 9 heteroatoms. The second kappa shape index (κ2) is 9.13. The second-order valence-electron chi connectivity index (χ2n) is 8.88. The molecule has 0 N–H and O–H groups in total. The van der Waals surface area contributed by atoms with Crippen molar-refractivity contribution >= 4 is 28.5 Å². The van der Waals surface area contributed by atoms with E-state index in [1.807, 2.05) is 18.2 Å². The highest BCUT2D eigenvalue weighted by Gasteiger charge is 2.31. The first-order valence-electron chi connectivity index (χ1n) is 12.0. The minimum absolute atomic E-state index is 0.211. The van der Waals surface area contributed by atoms with E-state index in [0.29, 0.717) is 31.3 Å². The standard InChI is InChI=1S/C27H25N3O6/c1-2-10-30-19-5-3-7-21-23(19)18(25(30)36-27(32)26(31)35-21)9-11-28-12-14-29(15-13-28)20-6-4-8-22-24(20)34-17-16-33-22/h1,3-8H,9-17H2. The van der Waals surface area contributed by atoms with Gasteiger partial charge in [0.25, 0.3) is 0 Å². The Kier molecular flexibility index (Phi) is 5.66. The van der Waals surface area contributed by atoms with Crippen molar-refractivity contribution in [3.05, 3.63) is 42.0 Å². The summed E-state index contributed by atoms with van der Waals surface area (Å²) in [6.07, 6.45) is 6.21. The van der Waals surface area contributed by atoms with Crippen LogP contribution in [-0.4, -0.2) is 67.3 Å². The molecule has 4 heterocycles. The van der Waals surface area contributed by atoms with E-state index in [-0.39, 0.29) is 6.54 Å². The number of anilines is 1. The maximum absolute atomic E-state index is 12.3. The summed E-state index contributed by atoms with van der Waals surface area (Å²) in [6, 6.07) is 11.4. The second-order valence-corrected chi connectivity index (χ2v) is 8.88. The third-order valence-electron chi connectivity index (χ3n) is 6.84. The van der Waals surface area contributed by atoms with Gasteiger partial charge in [-0.15, -0.1) is 6.42 Å². The first-order chi connectivity index (χ1) is 17.6. The van der Waals surface area contributed by atoms with Gasteiger partial charge < -0.3 is 23.8 Å². The predicted molar refractivity (Wildman–Crippen MR) is 132 cm³/mol. The maximum atomic E-state index is 12.3. The highest BCUT2D eigenvalue weighted by atomic mass is 16.6. The third-order valence-corrected chi connectivity index (χ3v) is 6.84. The number of aromatic nitrogens is 1. The van der Waals surface area contributed by atoms with Crippen molar-refractivity contribution in [2.24, 2.45) is 0 Å². The van der Waals surface area contributed by atoms with E-state index >= 15 is 0 Å². The van der Waals surface area contributed by atoms with Gasteiger partial charge in [-0.1, -0.05) is 18.1 Å². The third kappa shape index (κ3) is 3.80. The van der Waals surface area contributed by atoms with E-state index in [0.717, 1.165) is 66.4 Å². The molecule has 0 unspecified atom stereocenters. The van der Waals surface area contributed by atoms with Crippen LogP contribution in [0.1, 0.15) is 5.56 Å². The van der Waals surface area contributed by atoms with E-state index in [2.05, 4.69) is 21.8 Å². The summed E-state index contributed by atoms with van der Waals surface area (Å²) in [5, 5.41) is 0.760. The summed E-state index contributed by atoms with van der Waals surface area (Å²) < 4.78 is 24.2. The summed E-state index contributed by atoms with van der Waals surface area (Å²) in [7, 11) is 0. The van der Waals surface area contributed by atoms with Crippen LogP contribution in [0.3, 0.4) is 0 Å². The number of rotatable bonds is 5. The number of piperazine rings is 1. The van der Waals surface area contributed by atoms with E-state index in [9.17, 15) is 9.59 Å². The Balaban J connectivity index is 1.22. The maximum Gasteiger partial charge on any atom is 0.424 e. The summed E-state index contributed by atoms with van der Waals surface area (Å²) in [6.45, 7) is 5.52. The number of fused-ring (bicyclic) bond motifs is 2. The fraction of sp³-hybridized carbons (Fsp3) is 0.333. The molecular weight excluding hydrogens is 462 g/mol. The van der Waals surface area contributed by atoms with Crippen molar-refractivity contribution in [3.8, 4) is 35.5 Å². The van der Waals surface area contributed by atoms with Crippen molar-refractivity contribution in [2.75, 3.05) is 50.8 Å². The Morgan fingerprint density at radius 2 is 1.64 bits per heavy atom. The molecule has 9 nitrogen and oxygen atoms in total. The molecule has 3 aromatic rings. The number of terminal acetylenes is 1. The van der Waals surface area contributed by atoms with Crippen molar-refractivity contribution in [2.45, 2.75) is 13.0 Å². The van der Waals surface area contributed by atoms with Crippen molar-refractivity contribution < 1.29 is 28.5 Å². The van der Waals surface area contributed by atoms with Crippen LogP contribution >= 0.6 is 0 Å². The molecule has 1 saturated heterocycles. The summed E-state index contributed by atoms with van der Waals surface area (Å²) in [5.74, 6) is 2.81. The van der Waals surface area contributed by atoms with Gasteiger partial charge in [-0.3, -0.25) is 9.47 Å². The van der Waals surface area contributed by atoms with Crippen LogP contribution in [0.5, 0.6) is 23.1 Å². The molecule has 0 aliphatic carbocycles. The Hall–Kier alpha value is -4.16. The summed E-state index contributed by atoms with van der Waals surface area (Å²) in [4.78, 5) is 29.1. The highest BCUT2D eigenvalue weighted by Crippen LogP contribution is 2.41. The molecule has 3 aliphatic heterocycles. The molecule has 1 fully saturated rings. The number of hydrogen-bond donors (Lipinski definition) is 0. The van der Waals surface area contributed by atoms with Gasteiger partial charge in [0.05, 0.1) is 17.7 Å². The van der Waals surface area contributed by atoms with Gasteiger partial charge in [0.1, 0.15) is 19.0 Å². The van der Waals surface area contributed by atoms with Gasteiger partial charge >= 0.3 is 11.9 Å². The number of carbonyl (C=O) groups excluding carboxylic acids is 2. The zero-order valence-corrected chi connectivity index (χ0v) is 19.7.